The zero-order chi connectivity index (χ0) is 14.5. The minimum absolute atomic E-state index is 0.260. The van der Waals surface area contributed by atoms with E-state index in [0.29, 0.717) is 12.4 Å². The molecule has 0 bridgehead atoms. The molecule has 0 saturated heterocycles. The van der Waals surface area contributed by atoms with Gasteiger partial charge in [-0.15, -0.1) is 0 Å². The molecule has 0 radical (unpaired) electrons. The van der Waals surface area contributed by atoms with Crippen LogP contribution in [0.15, 0.2) is 12.1 Å². The Balaban J connectivity index is 2.90. The van der Waals surface area contributed by atoms with Crippen LogP contribution >= 0.6 is 0 Å². The Morgan fingerprint density at radius 1 is 1.47 bits per heavy atom. The Morgan fingerprint density at radius 3 is 2.68 bits per heavy atom. The summed E-state index contributed by atoms with van der Waals surface area (Å²) < 4.78 is 5.31. The number of hydrogen-bond donors (Lipinski definition) is 2. The third-order valence-electron chi connectivity index (χ3n) is 2.88. The molecule has 2 N–H and O–H groups in total. The van der Waals surface area contributed by atoms with E-state index in [0.717, 1.165) is 18.5 Å². The monoisotopic (exact) mass is 266 g/mol. The lowest BCUT2D eigenvalue weighted by atomic mass is 10.1. The highest BCUT2D eigenvalue weighted by molar-refractivity contribution is 5.88. The molecule has 5 heteroatoms. The molecule has 0 aliphatic carbocycles. The number of rotatable bonds is 7. The lowest BCUT2D eigenvalue weighted by Gasteiger charge is -2.23. The standard InChI is InChI=1S/C14H22N2O3/c1-5-6-11-7-10(13(17)18)8-12(16-11)15-9-14(2,3)19-4/h7-8H,5-6,9H2,1-4H3,(H,15,16)(H,17,18). The molecule has 106 valence electrons. The number of nitrogens with one attached hydrogen (secondary N) is 1. The van der Waals surface area contributed by atoms with Crippen molar-refractivity contribution in [2.24, 2.45) is 0 Å². The van der Waals surface area contributed by atoms with E-state index >= 15 is 0 Å². The lowest BCUT2D eigenvalue weighted by molar-refractivity contribution is 0.0343. The minimum atomic E-state index is -0.936. The van der Waals surface area contributed by atoms with E-state index in [1.54, 1.807) is 19.2 Å². The number of aromatic nitrogens is 1. The summed E-state index contributed by atoms with van der Waals surface area (Å²) in [6.07, 6.45) is 1.70. The van der Waals surface area contributed by atoms with Gasteiger partial charge in [0.1, 0.15) is 5.82 Å². The van der Waals surface area contributed by atoms with Crippen molar-refractivity contribution < 1.29 is 14.6 Å². The second kappa shape index (κ2) is 6.52. The molecule has 1 aromatic rings. The number of hydrogen-bond acceptors (Lipinski definition) is 4. The number of pyridine rings is 1. The van der Waals surface area contributed by atoms with Gasteiger partial charge in [0.15, 0.2) is 0 Å². The van der Waals surface area contributed by atoms with Crippen LogP contribution in [0, 0.1) is 0 Å². The molecule has 0 fully saturated rings. The number of carbonyl (C=O) groups is 1. The number of carboxylic acid groups (broad SMARTS) is 1. The van der Waals surface area contributed by atoms with Gasteiger partial charge in [0.2, 0.25) is 0 Å². The maximum Gasteiger partial charge on any atom is 0.335 e. The summed E-state index contributed by atoms with van der Waals surface area (Å²) in [6.45, 7) is 6.50. The molecule has 0 unspecified atom stereocenters. The second-order valence-corrected chi connectivity index (χ2v) is 5.10. The van der Waals surface area contributed by atoms with Gasteiger partial charge in [0, 0.05) is 19.3 Å². The highest BCUT2D eigenvalue weighted by Gasteiger charge is 2.16. The fourth-order valence-corrected chi connectivity index (χ4v) is 1.56. The van der Waals surface area contributed by atoms with Crippen LogP contribution in [0.2, 0.25) is 0 Å². The molecular weight excluding hydrogens is 244 g/mol. The van der Waals surface area contributed by atoms with E-state index in [1.807, 2.05) is 20.8 Å². The van der Waals surface area contributed by atoms with Crippen molar-refractivity contribution in [1.29, 1.82) is 0 Å². The summed E-state index contributed by atoms with van der Waals surface area (Å²) in [5.74, 6) is -0.359. The average molecular weight is 266 g/mol. The summed E-state index contributed by atoms with van der Waals surface area (Å²) >= 11 is 0. The Kier molecular flexibility index (Phi) is 5.30. The van der Waals surface area contributed by atoms with Crippen molar-refractivity contribution in [1.82, 2.24) is 4.98 Å². The van der Waals surface area contributed by atoms with Crippen molar-refractivity contribution in [2.75, 3.05) is 19.0 Å². The van der Waals surface area contributed by atoms with Crippen LogP contribution in [-0.4, -0.2) is 35.3 Å². The van der Waals surface area contributed by atoms with Crippen molar-refractivity contribution in [2.45, 2.75) is 39.2 Å². The van der Waals surface area contributed by atoms with Crippen molar-refractivity contribution >= 4 is 11.8 Å². The van der Waals surface area contributed by atoms with Gasteiger partial charge in [-0.25, -0.2) is 9.78 Å². The Bertz CT molecular complexity index is 444. The summed E-state index contributed by atoms with van der Waals surface area (Å²) in [7, 11) is 1.64. The lowest BCUT2D eigenvalue weighted by Crippen LogP contribution is -2.32. The fourth-order valence-electron chi connectivity index (χ4n) is 1.56. The number of carboxylic acids is 1. The quantitative estimate of drug-likeness (QED) is 0.793. The van der Waals surface area contributed by atoms with Crippen molar-refractivity contribution in [3.8, 4) is 0 Å². The molecule has 0 spiro atoms. The first kappa shape index (κ1) is 15.4. The third-order valence-corrected chi connectivity index (χ3v) is 2.88. The van der Waals surface area contributed by atoms with Crippen LogP contribution in [-0.2, 0) is 11.2 Å². The van der Waals surface area contributed by atoms with Crippen LogP contribution in [0.5, 0.6) is 0 Å². The van der Waals surface area contributed by atoms with Gasteiger partial charge in [0.25, 0.3) is 0 Å². The van der Waals surface area contributed by atoms with Gasteiger partial charge >= 0.3 is 5.97 Å². The number of aromatic carboxylic acids is 1. The summed E-state index contributed by atoms with van der Waals surface area (Å²) in [6, 6.07) is 3.17. The molecule has 1 rings (SSSR count). The van der Waals surface area contributed by atoms with Crippen LogP contribution in [0.4, 0.5) is 5.82 Å². The van der Waals surface area contributed by atoms with Crippen molar-refractivity contribution in [3.05, 3.63) is 23.4 Å². The Labute approximate surface area is 114 Å². The molecule has 1 aromatic heterocycles. The van der Waals surface area contributed by atoms with Crippen molar-refractivity contribution in [3.63, 3.8) is 0 Å². The van der Waals surface area contributed by atoms with Gasteiger partial charge in [-0.3, -0.25) is 0 Å². The first-order valence-corrected chi connectivity index (χ1v) is 6.41. The van der Waals surface area contributed by atoms with E-state index in [4.69, 9.17) is 9.84 Å². The number of methoxy groups -OCH3 is 1. The summed E-state index contributed by atoms with van der Waals surface area (Å²) in [5, 5.41) is 12.2. The first-order valence-electron chi connectivity index (χ1n) is 6.41. The first-order chi connectivity index (χ1) is 8.88. The largest absolute Gasteiger partial charge is 0.478 e. The fraction of sp³-hybridized carbons (Fsp3) is 0.571. The molecule has 0 amide bonds. The second-order valence-electron chi connectivity index (χ2n) is 5.10. The van der Waals surface area contributed by atoms with E-state index in [2.05, 4.69) is 10.3 Å². The highest BCUT2D eigenvalue weighted by atomic mass is 16.5. The zero-order valence-electron chi connectivity index (χ0n) is 12.0. The van der Waals surface area contributed by atoms with E-state index in [1.165, 1.54) is 0 Å². The maximum absolute atomic E-state index is 11.1. The number of aryl methyl sites for hydroxylation is 1. The molecule has 1 heterocycles. The van der Waals surface area contributed by atoms with E-state index < -0.39 is 5.97 Å². The van der Waals surface area contributed by atoms with Gasteiger partial charge in [-0.1, -0.05) is 13.3 Å². The summed E-state index contributed by atoms with van der Waals surface area (Å²) in [5.41, 5.74) is 0.725. The molecule has 0 aliphatic heterocycles. The topological polar surface area (TPSA) is 71.5 Å². The SMILES string of the molecule is CCCc1cc(C(=O)O)cc(NCC(C)(C)OC)n1. The zero-order valence-corrected chi connectivity index (χ0v) is 12.0. The average Bonchev–Trinajstić information content (AvgIpc) is 2.37. The molecule has 0 aromatic carbocycles. The molecular formula is C14H22N2O3. The molecule has 0 aliphatic rings. The molecule has 0 saturated carbocycles. The van der Waals surface area contributed by atoms with Crippen LogP contribution in [0.25, 0.3) is 0 Å². The normalized spacial score (nSPS) is 11.4. The van der Waals surface area contributed by atoms with E-state index in [-0.39, 0.29) is 11.2 Å². The molecule has 0 atom stereocenters. The van der Waals surface area contributed by atoms with Gasteiger partial charge in [0.05, 0.1) is 11.2 Å². The summed E-state index contributed by atoms with van der Waals surface area (Å²) in [4.78, 5) is 15.5. The van der Waals surface area contributed by atoms with Gasteiger partial charge in [-0.2, -0.15) is 0 Å². The predicted octanol–water partition coefficient (Wildman–Crippen LogP) is 2.57. The van der Waals surface area contributed by atoms with Crippen LogP contribution < -0.4 is 5.32 Å². The minimum Gasteiger partial charge on any atom is -0.478 e. The van der Waals surface area contributed by atoms with Gasteiger partial charge in [-0.05, 0) is 32.4 Å². The predicted molar refractivity (Wildman–Crippen MR) is 74.8 cm³/mol. The third kappa shape index (κ3) is 4.87. The number of anilines is 1. The van der Waals surface area contributed by atoms with Gasteiger partial charge < -0.3 is 15.2 Å². The van der Waals surface area contributed by atoms with Crippen LogP contribution in [0.3, 0.4) is 0 Å². The Morgan fingerprint density at radius 2 is 2.16 bits per heavy atom. The molecule has 5 nitrogen and oxygen atoms in total. The number of ether oxygens (including phenoxy) is 1. The highest BCUT2D eigenvalue weighted by Crippen LogP contribution is 2.14. The maximum atomic E-state index is 11.1. The van der Waals surface area contributed by atoms with E-state index in [9.17, 15) is 4.79 Å². The van der Waals surface area contributed by atoms with Crippen LogP contribution in [0.1, 0.15) is 43.2 Å². The smallest absolute Gasteiger partial charge is 0.335 e. The Hall–Kier alpha value is -1.62. The molecule has 19 heavy (non-hydrogen) atoms. The number of nitrogens with zero attached hydrogens (tertiary/aromatic N) is 1.